The number of carbonyl (C=O) groups excluding carboxylic acids is 1. The van der Waals surface area contributed by atoms with Gasteiger partial charge in [0.05, 0.1) is 17.6 Å². The summed E-state index contributed by atoms with van der Waals surface area (Å²) in [4.78, 5) is 18.8. The predicted octanol–water partition coefficient (Wildman–Crippen LogP) is 1.77. The van der Waals surface area contributed by atoms with Crippen LogP contribution in [0.3, 0.4) is 0 Å². The molecule has 1 aliphatic heterocycles. The van der Waals surface area contributed by atoms with Gasteiger partial charge in [-0.3, -0.25) is 9.69 Å². The second-order valence-electron chi connectivity index (χ2n) is 5.95. The normalized spacial score (nSPS) is 17.5. The van der Waals surface area contributed by atoms with Crippen LogP contribution in [0.1, 0.15) is 34.0 Å². The summed E-state index contributed by atoms with van der Waals surface area (Å²) in [5, 5.41) is 9.90. The first-order valence-corrected chi connectivity index (χ1v) is 9.23. The number of nitrogens with zero attached hydrogens (tertiary/aromatic N) is 2. The first kappa shape index (κ1) is 18.4. The van der Waals surface area contributed by atoms with Crippen molar-refractivity contribution in [2.45, 2.75) is 33.3 Å². The van der Waals surface area contributed by atoms with Gasteiger partial charge < -0.3 is 14.7 Å². The lowest BCUT2D eigenvalue weighted by atomic mass is 10.2. The molecule has 5 nitrogen and oxygen atoms in total. The molecule has 130 valence electrons. The largest absolute Gasteiger partial charge is 0.389 e. The van der Waals surface area contributed by atoms with Crippen LogP contribution in [0.5, 0.6) is 0 Å². The summed E-state index contributed by atoms with van der Waals surface area (Å²) >= 11 is 1.60. The summed E-state index contributed by atoms with van der Waals surface area (Å²) in [6, 6.07) is 2.04. The lowest BCUT2D eigenvalue weighted by Gasteiger charge is -2.35. The fourth-order valence-electron chi connectivity index (χ4n) is 2.87. The van der Waals surface area contributed by atoms with E-state index in [2.05, 4.69) is 18.7 Å². The molecule has 1 saturated heterocycles. The number of hydrogen-bond donors (Lipinski definition) is 1. The van der Waals surface area contributed by atoms with Crippen molar-refractivity contribution >= 4 is 17.2 Å². The number of ether oxygens (including phenoxy) is 1. The van der Waals surface area contributed by atoms with Crippen molar-refractivity contribution in [3.63, 3.8) is 0 Å². The second kappa shape index (κ2) is 8.78. The third kappa shape index (κ3) is 5.01. The van der Waals surface area contributed by atoms with E-state index in [0.29, 0.717) is 19.8 Å². The van der Waals surface area contributed by atoms with Crippen molar-refractivity contribution in [1.82, 2.24) is 9.80 Å². The first-order chi connectivity index (χ1) is 11.0. The molecule has 0 radical (unpaired) electrons. The molecule has 1 N–H and O–H groups in total. The Bertz CT molecular complexity index is 510. The molecule has 1 aromatic rings. The molecule has 1 amide bonds. The third-order valence-corrected chi connectivity index (χ3v) is 5.34. The van der Waals surface area contributed by atoms with E-state index in [1.54, 1.807) is 11.3 Å². The number of thiophene rings is 1. The van der Waals surface area contributed by atoms with Gasteiger partial charge >= 0.3 is 0 Å². The van der Waals surface area contributed by atoms with E-state index in [0.717, 1.165) is 37.5 Å². The van der Waals surface area contributed by atoms with E-state index >= 15 is 0 Å². The standard InChI is InChI=1S/C17H28N2O3S/c1-4-14-10-16(23-13(14)3)17(21)19-8-6-18(7-9-19)11-15(20)12-22-5-2/h10,15,20H,4-9,11-12H2,1-3H3. The molecule has 0 saturated carbocycles. The highest BCUT2D eigenvalue weighted by Crippen LogP contribution is 2.23. The fourth-order valence-corrected chi connectivity index (χ4v) is 3.95. The molecule has 6 heteroatoms. The topological polar surface area (TPSA) is 53.0 Å². The van der Waals surface area contributed by atoms with E-state index < -0.39 is 6.10 Å². The summed E-state index contributed by atoms with van der Waals surface area (Å²) in [5.41, 5.74) is 1.27. The van der Waals surface area contributed by atoms with E-state index in [1.807, 2.05) is 17.9 Å². The van der Waals surface area contributed by atoms with Gasteiger partial charge in [-0.05, 0) is 31.9 Å². The fraction of sp³-hybridized carbons (Fsp3) is 0.706. The lowest BCUT2D eigenvalue weighted by Crippen LogP contribution is -2.50. The van der Waals surface area contributed by atoms with Crippen LogP contribution in [0.25, 0.3) is 0 Å². The Kier molecular flexibility index (Phi) is 7.02. The van der Waals surface area contributed by atoms with Gasteiger partial charge in [-0.25, -0.2) is 0 Å². The number of β-amino-alcohol motifs (C(OH)–C–C–N with tert-alkyl or cyclic N) is 1. The predicted molar refractivity (Wildman–Crippen MR) is 93.3 cm³/mol. The molecule has 1 atom stereocenters. The molecular weight excluding hydrogens is 312 g/mol. The Balaban J connectivity index is 1.82. The van der Waals surface area contributed by atoms with Gasteiger partial charge in [-0.15, -0.1) is 11.3 Å². The van der Waals surface area contributed by atoms with Gasteiger partial charge in [-0.2, -0.15) is 0 Å². The molecule has 2 rings (SSSR count). The Morgan fingerprint density at radius 3 is 2.61 bits per heavy atom. The Morgan fingerprint density at radius 1 is 1.35 bits per heavy atom. The minimum Gasteiger partial charge on any atom is -0.389 e. The van der Waals surface area contributed by atoms with Gasteiger partial charge in [0.25, 0.3) is 5.91 Å². The number of carbonyl (C=O) groups is 1. The van der Waals surface area contributed by atoms with Crippen LogP contribution in [0.4, 0.5) is 0 Å². The van der Waals surface area contributed by atoms with E-state index in [1.165, 1.54) is 10.4 Å². The number of aryl methyl sites for hydroxylation is 2. The zero-order valence-electron chi connectivity index (χ0n) is 14.4. The smallest absolute Gasteiger partial charge is 0.264 e. The van der Waals surface area contributed by atoms with Crippen LogP contribution in [0.15, 0.2) is 6.07 Å². The summed E-state index contributed by atoms with van der Waals surface area (Å²) in [5.74, 6) is 0.146. The van der Waals surface area contributed by atoms with Crippen molar-refractivity contribution in [1.29, 1.82) is 0 Å². The monoisotopic (exact) mass is 340 g/mol. The van der Waals surface area contributed by atoms with Crippen LogP contribution in [0.2, 0.25) is 0 Å². The maximum Gasteiger partial charge on any atom is 0.264 e. The summed E-state index contributed by atoms with van der Waals surface area (Å²) in [6.07, 6.45) is 0.519. The zero-order chi connectivity index (χ0) is 16.8. The minimum atomic E-state index is -0.454. The molecule has 1 unspecified atom stereocenters. The molecular formula is C17H28N2O3S. The third-order valence-electron chi connectivity index (χ3n) is 4.26. The van der Waals surface area contributed by atoms with Gasteiger partial charge in [0, 0.05) is 44.2 Å². The molecule has 1 aromatic heterocycles. The van der Waals surface area contributed by atoms with Crippen LogP contribution in [-0.2, 0) is 11.2 Å². The quantitative estimate of drug-likeness (QED) is 0.822. The minimum absolute atomic E-state index is 0.146. The Hall–Kier alpha value is -0.950. The zero-order valence-corrected chi connectivity index (χ0v) is 15.2. The van der Waals surface area contributed by atoms with Crippen LogP contribution in [0, 0.1) is 6.92 Å². The Morgan fingerprint density at radius 2 is 2.04 bits per heavy atom. The first-order valence-electron chi connectivity index (χ1n) is 8.41. The summed E-state index contributed by atoms with van der Waals surface area (Å²) in [7, 11) is 0. The number of rotatable bonds is 7. The van der Waals surface area contributed by atoms with E-state index in [-0.39, 0.29) is 5.91 Å². The number of piperazine rings is 1. The molecule has 0 bridgehead atoms. The van der Waals surface area contributed by atoms with Crippen LogP contribution in [-0.4, -0.2) is 72.9 Å². The summed E-state index contributed by atoms with van der Waals surface area (Å²) < 4.78 is 5.24. The second-order valence-corrected chi connectivity index (χ2v) is 7.21. The van der Waals surface area contributed by atoms with E-state index in [9.17, 15) is 9.90 Å². The van der Waals surface area contributed by atoms with Crippen molar-refractivity contribution < 1.29 is 14.6 Å². The maximum atomic E-state index is 12.6. The average molecular weight is 340 g/mol. The van der Waals surface area contributed by atoms with Crippen LogP contribution < -0.4 is 0 Å². The highest BCUT2D eigenvalue weighted by atomic mass is 32.1. The van der Waals surface area contributed by atoms with Gasteiger partial charge in [-0.1, -0.05) is 6.92 Å². The maximum absolute atomic E-state index is 12.6. The van der Waals surface area contributed by atoms with Crippen molar-refractivity contribution in [3.8, 4) is 0 Å². The van der Waals surface area contributed by atoms with Gasteiger partial charge in [0.1, 0.15) is 0 Å². The number of hydrogen-bond acceptors (Lipinski definition) is 5. The van der Waals surface area contributed by atoms with Gasteiger partial charge in [0.15, 0.2) is 0 Å². The van der Waals surface area contributed by atoms with Crippen LogP contribution >= 0.6 is 11.3 Å². The number of aliphatic hydroxyl groups excluding tert-OH is 1. The molecule has 2 heterocycles. The van der Waals surface area contributed by atoms with Crippen molar-refractivity contribution in [3.05, 3.63) is 21.4 Å². The van der Waals surface area contributed by atoms with Crippen molar-refractivity contribution in [2.24, 2.45) is 0 Å². The molecule has 23 heavy (non-hydrogen) atoms. The van der Waals surface area contributed by atoms with E-state index in [4.69, 9.17) is 4.74 Å². The molecule has 0 aromatic carbocycles. The van der Waals surface area contributed by atoms with Crippen molar-refractivity contribution in [2.75, 3.05) is 45.9 Å². The molecule has 0 spiro atoms. The average Bonchev–Trinajstić information content (AvgIpc) is 2.94. The lowest BCUT2D eigenvalue weighted by molar-refractivity contribution is 0.0112. The molecule has 1 aliphatic rings. The SMILES string of the molecule is CCOCC(O)CN1CCN(C(=O)c2cc(CC)c(C)s2)CC1. The molecule has 0 aliphatic carbocycles. The summed E-state index contributed by atoms with van der Waals surface area (Å²) in [6.45, 7) is 10.8. The Labute approximate surface area is 142 Å². The van der Waals surface area contributed by atoms with Gasteiger partial charge in [0.2, 0.25) is 0 Å². The number of amides is 1. The number of aliphatic hydroxyl groups is 1. The molecule has 1 fully saturated rings. The highest BCUT2D eigenvalue weighted by Gasteiger charge is 2.24. The highest BCUT2D eigenvalue weighted by molar-refractivity contribution is 7.14.